The molecular weight excluding hydrogens is 459 g/mol. The number of carbonyl (C=O) groups is 1. The third kappa shape index (κ3) is 5.97. The zero-order valence-electron chi connectivity index (χ0n) is 19.4. The Morgan fingerprint density at radius 3 is 2.50 bits per heavy atom. The van der Waals surface area contributed by atoms with Crippen LogP contribution in [0.3, 0.4) is 0 Å². The highest BCUT2D eigenvalue weighted by molar-refractivity contribution is 7.92. The smallest absolute Gasteiger partial charge is 0.409 e. The number of ether oxygens (including phenoxy) is 1. The van der Waals surface area contributed by atoms with Crippen LogP contribution in [0, 0.1) is 17.1 Å². The SMILES string of the molecule is CCCS(=O)(=O)N(Cc1cccc(F)c1)c1ccc(N2CCN(C(=O)OCC)CC2)c(C#N)c1. The predicted octanol–water partition coefficient (Wildman–Crippen LogP) is 3.72. The second kappa shape index (κ2) is 11.2. The lowest BCUT2D eigenvalue weighted by molar-refractivity contribution is 0.105. The lowest BCUT2D eigenvalue weighted by Gasteiger charge is -2.36. The van der Waals surface area contributed by atoms with Gasteiger partial charge >= 0.3 is 6.09 Å². The van der Waals surface area contributed by atoms with E-state index in [0.29, 0.717) is 61.7 Å². The molecule has 0 spiro atoms. The zero-order chi connectivity index (χ0) is 24.7. The van der Waals surface area contributed by atoms with E-state index in [9.17, 15) is 22.9 Å². The van der Waals surface area contributed by atoms with Crippen molar-refractivity contribution in [2.75, 3.05) is 47.7 Å². The molecule has 3 rings (SSSR count). The molecule has 0 bridgehead atoms. The van der Waals surface area contributed by atoms with Gasteiger partial charge in [0.25, 0.3) is 0 Å². The van der Waals surface area contributed by atoms with Crippen LogP contribution in [0.25, 0.3) is 0 Å². The fourth-order valence-electron chi connectivity index (χ4n) is 3.91. The van der Waals surface area contributed by atoms with Crippen LogP contribution in [0.15, 0.2) is 42.5 Å². The summed E-state index contributed by atoms with van der Waals surface area (Å²) in [6.45, 7) is 5.77. The van der Waals surface area contributed by atoms with Gasteiger partial charge in [0.15, 0.2) is 0 Å². The van der Waals surface area contributed by atoms with Crippen LogP contribution in [0.2, 0.25) is 0 Å². The number of carbonyl (C=O) groups excluding carboxylic acids is 1. The monoisotopic (exact) mass is 488 g/mol. The first-order valence-electron chi connectivity index (χ1n) is 11.2. The van der Waals surface area contributed by atoms with Gasteiger partial charge in [0.2, 0.25) is 10.0 Å². The number of piperazine rings is 1. The summed E-state index contributed by atoms with van der Waals surface area (Å²) in [5, 5.41) is 9.82. The van der Waals surface area contributed by atoms with Crippen molar-refractivity contribution in [2.45, 2.75) is 26.8 Å². The molecule has 0 N–H and O–H groups in total. The van der Waals surface area contributed by atoms with Crippen LogP contribution in [0.4, 0.5) is 20.6 Å². The van der Waals surface area contributed by atoms with Gasteiger partial charge in [-0.1, -0.05) is 19.1 Å². The van der Waals surface area contributed by atoms with Crippen molar-refractivity contribution in [3.63, 3.8) is 0 Å². The number of hydrogen-bond donors (Lipinski definition) is 0. The molecular formula is C24H29FN4O4S. The van der Waals surface area contributed by atoms with Crippen LogP contribution < -0.4 is 9.21 Å². The lowest BCUT2D eigenvalue weighted by Crippen LogP contribution is -2.49. The normalized spacial score (nSPS) is 13.9. The molecule has 0 saturated carbocycles. The molecule has 182 valence electrons. The van der Waals surface area contributed by atoms with Gasteiger partial charge in [-0.15, -0.1) is 0 Å². The number of nitriles is 1. The van der Waals surface area contributed by atoms with Crippen LogP contribution in [0.5, 0.6) is 0 Å². The van der Waals surface area contributed by atoms with Gasteiger partial charge in [0.1, 0.15) is 11.9 Å². The van der Waals surface area contributed by atoms with Crippen molar-refractivity contribution < 1.29 is 22.3 Å². The Labute approximate surface area is 200 Å². The van der Waals surface area contributed by atoms with E-state index in [0.717, 1.165) is 0 Å². The molecule has 0 radical (unpaired) electrons. The average Bonchev–Trinajstić information content (AvgIpc) is 2.82. The molecule has 0 aromatic heterocycles. The second-order valence-corrected chi connectivity index (χ2v) is 9.95. The van der Waals surface area contributed by atoms with E-state index < -0.39 is 15.8 Å². The fourth-order valence-corrected chi connectivity index (χ4v) is 5.43. The summed E-state index contributed by atoms with van der Waals surface area (Å²) < 4.78 is 46.1. The van der Waals surface area contributed by atoms with Crippen molar-refractivity contribution >= 4 is 27.5 Å². The molecule has 2 aromatic rings. The first-order valence-corrected chi connectivity index (χ1v) is 12.9. The molecule has 2 aromatic carbocycles. The third-order valence-electron chi connectivity index (χ3n) is 5.55. The van der Waals surface area contributed by atoms with Crippen molar-refractivity contribution in [2.24, 2.45) is 0 Å². The maximum absolute atomic E-state index is 13.7. The first kappa shape index (κ1) is 25.3. The van der Waals surface area contributed by atoms with E-state index in [2.05, 4.69) is 6.07 Å². The standard InChI is InChI=1S/C24H29FN4O4S/c1-3-14-34(31,32)29(18-19-6-5-7-21(25)15-19)22-8-9-23(20(16-22)17-26)27-10-12-28(13-11-27)24(30)33-4-2/h5-9,15-16H,3-4,10-14,18H2,1-2H3. The molecule has 34 heavy (non-hydrogen) atoms. The number of benzene rings is 2. The highest BCUT2D eigenvalue weighted by Gasteiger charge is 2.26. The summed E-state index contributed by atoms with van der Waals surface area (Å²) in [7, 11) is -3.69. The molecule has 1 fully saturated rings. The van der Waals surface area contributed by atoms with Gasteiger partial charge in [-0.25, -0.2) is 17.6 Å². The molecule has 10 heteroatoms. The minimum atomic E-state index is -3.69. The van der Waals surface area contributed by atoms with Crippen LogP contribution >= 0.6 is 0 Å². The van der Waals surface area contributed by atoms with Gasteiger partial charge in [0, 0.05) is 26.2 Å². The number of sulfonamides is 1. The van der Waals surface area contributed by atoms with Gasteiger partial charge < -0.3 is 14.5 Å². The number of nitrogens with zero attached hydrogens (tertiary/aromatic N) is 4. The molecule has 1 heterocycles. The molecule has 0 atom stereocenters. The predicted molar refractivity (Wildman–Crippen MR) is 129 cm³/mol. The summed E-state index contributed by atoms with van der Waals surface area (Å²) in [4.78, 5) is 15.6. The van der Waals surface area contributed by atoms with Crippen LogP contribution in [0.1, 0.15) is 31.4 Å². The summed E-state index contributed by atoms with van der Waals surface area (Å²) in [5.74, 6) is -0.512. The molecule has 1 aliphatic rings. The van der Waals surface area contributed by atoms with Crippen molar-refractivity contribution in [1.29, 1.82) is 5.26 Å². The highest BCUT2D eigenvalue weighted by Crippen LogP contribution is 2.30. The van der Waals surface area contributed by atoms with E-state index in [1.54, 1.807) is 43.0 Å². The third-order valence-corrected chi connectivity index (χ3v) is 7.48. The van der Waals surface area contributed by atoms with E-state index >= 15 is 0 Å². The molecule has 0 aliphatic carbocycles. The van der Waals surface area contributed by atoms with E-state index in [1.807, 2.05) is 4.90 Å². The summed E-state index contributed by atoms with van der Waals surface area (Å²) in [6, 6.07) is 12.9. The minimum Gasteiger partial charge on any atom is -0.450 e. The molecule has 8 nitrogen and oxygen atoms in total. The Bertz CT molecular complexity index is 1160. The number of amides is 1. The molecule has 1 amide bonds. The fraction of sp³-hybridized carbons (Fsp3) is 0.417. The molecule has 1 aliphatic heterocycles. The second-order valence-electron chi connectivity index (χ2n) is 7.94. The molecule has 1 saturated heterocycles. The summed E-state index contributed by atoms with van der Waals surface area (Å²) in [6.07, 6.45) is 0.0720. The van der Waals surface area contributed by atoms with Crippen molar-refractivity contribution in [3.05, 3.63) is 59.4 Å². The summed E-state index contributed by atoms with van der Waals surface area (Å²) in [5.41, 5.74) is 1.87. The topological polar surface area (TPSA) is 94.0 Å². The zero-order valence-corrected chi connectivity index (χ0v) is 20.2. The highest BCUT2D eigenvalue weighted by atomic mass is 32.2. The van der Waals surface area contributed by atoms with Crippen molar-refractivity contribution in [1.82, 2.24) is 4.90 Å². The van der Waals surface area contributed by atoms with Crippen molar-refractivity contribution in [3.8, 4) is 6.07 Å². The quantitative estimate of drug-likeness (QED) is 0.562. The molecule has 0 unspecified atom stereocenters. The average molecular weight is 489 g/mol. The maximum atomic E-state index is 13.7. The number of anilines is 2. The van der Waals surface area contributed by atoms with E-state index in [-0.39, 0.29) is 18.4 Å². The van der Waals surface area contributed by atoms with Crippen LogP contribution in [-0.4, -0.2) is 57.9 Å². The Morgan fingerprint density at radius 2 is 1.88 bits per heavy atom. The lowest BCUT2D eigenvalue weighted by atomic mass is 10.1. The van der Waals surface area contributed by atoms with E-state index in [4.69, 9.17) is 4.74 Å². The minimum absolute atomic E-state index is 0.0392. The van der Waals surface area contributed by atoms with Gasteiger partial charge in [-0.3, -0.25) is 4.31 Å². The number of rotatable bonds is 8. The Morgan fingerprint density at radius 1 is 1.15 bits per heavy atom. The largest absolute Gasteiger partial charge is 0.450 e. The van der Waals surface area contributed by atoms with Gasteiger partial charge in [-0.05, 0) is 49.2 Å². The summed E-state index contributed by atoms with van der Waals surface area (Å²) >= 11 is 0. The number of hydrogen-bond acceptors (Lipinski definition) is 6. The van der Waals surface area contributed by atoms with Gasteiger partial charge in [-0.2, -0.15) is 5.26 Å². The van der Waals surface area contributed by atoms with E-state index in [1.165, 1.54) is 22.5 Å². The van der Waals surface area contributed by atoms with Crippen LogP contribution in [-0.2, 0) is 21.3 Å². The Hall–Kier alpha value is -3.32. The van der Waals surface area contributed by atoms with Gasteiger partial charge in [0.05, 0.1) is 35.8 Å². The Balaban J connectivity index is 1.88. The first-order chi connectivity index (χ1) is 16.3. The number of halogens is 1. The Kier molecular flexibility index (Phi) is 8.34. The maximum Gasteiger partial charge on any atom is 0.409 e.